The van der Waals surface area contributed by atoms with Crippen LogP contribution in [0.15, 0.2) is 48.8 Å². The van der Waals surface area contributed by atoms with E-state index in [0.717, 1.165) is 37.6 Å². The lowest BCUT2D eigenvalue weighted by molar-refractivity contribution is 0.164. The molecule has 0 amide bonds. The van der Waals surface area contributed by atoms with Gasteiger partial charge in [-0.05, 0) is 29.7 Å². The first-order valence-corrected chi connectivity index (χ1v) is 7.80. The van der Waals surface area contributed by atoms with E-state index in [2.05, 4.69) is 33.4 Å². The van der Waals surface area contributed by atoms with E-state index in [1.54, 1.807) is 0 Å². The van der Waals surface area contributed by atoms with Crippen molar-refractivity contribution in [3.05, 3.63) is 64.9 Å². The summed E-state index contributed by atoms with van der Waals surface area (Å²) in [6.45, 7) is 4.07. The highest BCUT2D eigenvalue weighted by Gasteiger charge is 2.24. The minimum atomic E-state index is 0.351. The van der Waals surface area contributed by atoms with Crippen molar-refractivity contribution in [1.82, 2.24) is 15.2 Å². The summed E-state index contributed by atoms with van der Waals surface area (Å²) in [6.07, 6.45) is 4.79. The Morgan fingerprint density at radius 3 is 2.95 bits per heavy atom. The number of rotatable bonds is 4. The molecule has 0 aliphatic carbocycles. The third-order valence-corrected chi connectivity index (χ3v) is 4.37. The molecule has 2 aromatic rings. The second-order valence-electron chi connectivity index (χ2n) is 5.39. The van der Waals surface area contributed by atoms with Crippen molar-refractivity contribution in [3.63, 3.8) is 0 Å². The second-order valence-corrected chi connectivity index (χ2v) is 5.80. The zero-order chi connectivity index (χ0) is 14.5. The number of nitrogens with one attached hydrogen (secondary N) is 1. The summed E-state index contributed by atoms with van der Waals surface area (Å²) in [5, 5.41) is 4.33. The smallest absolute Gasteiger partial charge is 0.0488 e. The number of hydrogen-bond acceptors (Lipinski definition) is 3. The molecule has 4 heteroatoms. The van der Waals surface area contributed by atoms with Crippen LogP contribution in [0.4, 0.5) is 0 Å². The number of pyridine rings is 1. The van der Waals surface area contributed by atoms with Crippen molar-refractivity contribution in [3.8, 4) is 0 Å². The largest absolute Gasteiger partial charge is 0.314 e. The van der Waals surface area contributed by atoms with Gasteiger partial charge in [0.25, 0.3) is 0 Å². The Morgan fingerprint density at radius 1 is 1.24 bits per heavy atom. The topological polar surface area (TPSA) is 28.2 Å². The maximum atomic E-state index is 6.38. The van der Waals surface area contributed by atoms with E-state index in [1.807, 2.05) is 30.6 Å². The molecule has 21 heavy (non-hydrogen) atoms. The molecule has 0 radical (unpaired) electrons. The third kappa shape index (κ3) is 3.62. The van der Waals surface area contributed by atoms with Gasteiger partial charge in [-0.25, -0.2) is 0 Å². The predicted octanol–water partition coefficient (Wildman–Crippen LogP) is 2.92. The van der Waals surface area contributed by atoms with Crippen molar-refractivity contribution in [2.24, 2.45) is 0 Å². The zero-order valence-corrected chi connectivity index (χ0v) is 12.8. The van der Waals surface area contributed by atoms with Gasteiger partial charge in [0.15, 0.2) is 0 Å². The highest BCUT2D eigenvalue weighted by molar-refractivity contribution is 6.31. The average molecular weight is 302 g/mol. The highest BCUT2D eigenvalue weighted by atomic mass is 35.5. The molecule has 3 nitrogen and oxygen atoms in total. The standard InChI is InChI=1S/C17H20ClN3/c18-16-6-2-1-5-15(16)17-13-20-9-11-21(17)10-7-14-4-3-8-19-12-14/h1-6,8,12,17,20H,7,9-11,13H2. The third-order valence-electron chi connectivity index (χ3n) is 4.03. The van der Waals surface area contributed by atoms with Crippen molar-refractivity contribution in [1.29, 1.82) is 0 Å². The van der Waals surface area contributed by atoms with Gasteiger partial charge in [0.05, 0.1) is 0 Å². The fourth-order valence-electron chi connectivity index (χ4n) is 2.88. The maximum Gasteiger partial charge on any atom is 0.0488 e. The van der Waals surface area contributed by atoms with E-state index in [0.29, 0.717) is 6.04 Å². The van der Waals surface area contributed by atoms with E-state index in [9.17, 15) is 0 Å². The lowest BCUT2D eigenvalue weighted by atomic mass is 10.0. The predicted molar refractivity (Wildman–Crippen MR) is 86.6 cm³/mol. The summed E-state index contributed by atoms with van der Waals surface area (Å²) in [5.41, 5.74) is 2.51. The molecule has 1 aromatic carbocycles. The lowest BCUT2D eigenvalue weighted by Gasteiger charge is -2.37. The number of benzene rings is 1. The summed E-state index contributed by atoms with van der Waals surface area (Å²) in [7, 11) is 0. The first-order valence-electron chi connectivity index (χ1n) is 7.42. The molecule has 3 rings (SSSR count). The Bertz CT molecular complexity index is 573. The van der Waals surface area contributed by atoms with E-state index in [4.69, 9.17) is 11.6 Å². The molecule has 1 saturated heterocycles. The number of nitrogens with zero attached hydrogens (tertiary/aromatic N) is 2. The van der Waals surface area contributed by atoms with Crippen LogP contribution in [0.2, 0.25) is 5.02 Å². The van der Waals surface area contributed by atoms with Crippen LogP contribution in [0.1, 0.15) is 17.2 Å². The van der Waals surface area contributed by atoms with Crippen molar-refractivity contribution in [2.75, 3.05) is 26.2 Å². The van der Waals surface area contributed by atoms with Gasteiger partial charge < -0.3 is 5.32 Å². The van der Waals surface area contributed by atoms with Crippen LogP contribution in [-0.2, 0) is 6.42 Å². The monoisotopic (exact) mass is 301 g/mol. The van der Waals surface area contributed by atoms with E-state index in [-0.39, 0.29) is 0 Å². The molecule has 1 fully saturated rings. The Kier molecular flexibility index (Phi) is 4.86. The van der Waals surface area contributed by atoms with Crippen molar-refractivity contribution >= 4 is 11.6 Å². The van der Waals surface area contributed by atoms with Gasteiger partial charge >= 0.3 is 0 Å². The van der Waals surface area contributed by atoms with Gasteiger partial charge in [-0.1, -0.05) is 35.9 Å². The highest BCUT2D eigenvalue weighted by Crippen LogP contribution is 2.28. The van der Waals surface area contributed by atoms with Crippen molar-refractivity contribution in [2.45, 2.75) is 12.5 Å². The zero-order valence-electron chi connectivity index (χ0n) is 12.0. The molecule has 110 valence electrons. The molecule has 0 bridgehead atoms. The Morgan fingerprint density at radius 2 is 2.14 bits per heavy atom. The van der Waals surface area contributed by atoms with Crippen LogP contribution < -0.4 is 5.32 Å². The Balaban J connectivity index is 1.71. The Labute approximate surface area is 131 Å². The summed E-state index contributed by atoms with van der Waals surface area (Å²) < 4.78 is 0. The molecule has 2 heterocycles. The SMILES string of the molecule is Clc1ccccc1C1CNCCN1CCc1cccnc1. The van der Waals surface area contributed by atoms with E-state index in [1.165, 1.54) is 11.1 Å². The van der Waals surface area contributed by atoms with Gasteiger partial charge in [-0.3, -0.25) is 9.88 Å². The molecule has 1 atom stereocenters. The van der Waals surface area contributed by atoms with E-state index >= 15 is 0 Å². The summed E-state index contributed by atoms with van der Waals surface area (Å²) in [4.78, 5) is 6.71. The molecule has 1 aliphatic heterocycles. The maximum absolute atomic E-state index is 6.38. The number of halogens is 1. The normalized spacial score (nSPS) is 19.6. The Hall–Kier alpha value is -1.42. The van der Waals surface area contributed by atoms with Gasteiger partial charge in [0, 0.05) is 49.6 Å². The van der Waals surface area contributed by atoms with Gasteiger partial charge in [0.1, 0.15) is 0 Å². The number of piperazine rings is 1. The minimum absolute atomic E-state index is 0.351. The minimum Gasteiger partial charge on any atom is -0.314 e. The van der Waals surface area contributed by atoms with Crippen LogP contribution in [-0.4, -0.2) is 36.1 Å². The second kappa shape index (κ2) is 7.03. The molecule has 0 saturated carbocycles. The average Bonchev–Trinajstić information content (AvgIpc) is 2.55. The van der Waals surface area contributed by atoms with Crippen LogP contribution in [0.5, 0.6) is 0 Å². The van der Waals surface area contributed by atoms with Crippen molar-refractivity contribution < 1.29 is 0 Å². The number of aromatic nitrogens is 1. The summed E-state index contributed by atoms with van der Waals surface area (Å²) >= 11 is 6.38. The first kappa shape index (κ1) is 14.5. The van der Waals surface area contributed by atoms with Gasteiger partial charge in [0.2, 0.25) is 0 Å². The summed E-state index contributed by atoms with van der Waals surface area (Å²) in [6, 6.07) is 12.7. The molecular formula is C17H20ClN3. The quantitative estimate of drug-likeness (QED) is 0.941. The fourth-order valence-corrected chi connectivity index (χ4v) is 3.15. The van der Waals surface area contributed by atoms with Crippen LogP contribution in [0.3, 0.4) is 0 Å². The molecule has 1 aromatic heterocycles. The molecule has 1 aliphatic rings. The van der Waals surface area contributed by atoms with Crippen LogP contribution in [0, 0.1) is 0 Å². The molecule has 1 unspecified atom stereocenters. The van der Waals surface area contributed by atoms with Gasteiger partial charge in [-0.15, -0.1) is 0 Å². The van der Waals surface area contributed by atoms with Crippen LogP contribution in [0.25, 0.3) is 0 Å². The van der Waals surface area contributed by atoms with Crippen LogP contribution >= 0.6 is 11.6 Å². The van der Waals surface area contributed by atoms with E-state index < -0.39 is 0 Å². The fraction of sp³-hybridized carbons (Fsp3) is 0.353. The lowest BCUT2D eigenvalue weighted by Crippen LogP contribution is -2.46. The number of hydrogen-bond donors (Lipinski definition) is 1. The molecular weight excluding hydrogens is 282 g/mol. The van der Waals surface area contributed by atoms with Gasteiger partial charge in [-0.2, -0.15) is 0 Å². The first-order chi connectivity index (χ1) is 10.3. The molecule has 0 spiro atoms. The molecule has 1 N–H and O–H groups in total. The summed E-state index contributed by atoms with van der Waals surface area (Å²) in [5.74, 6) is 0.